The molecule has 1 unspecified atom stereocenters. The van der Waals surface area contributed by atoms with Crippen LogP contribution in [0.15, 0.2) is 28.7 Å². The Morgan fingerprint density at radius 3 is 2.59 bits per heavy atom. The second-order valence-electron chi connectivity index (χ2n) is 5.55. The van der Waals surface area contributed by atoms with E-state index in [1.165, 1.54) is 0 Å². The molecule has 6 heteroatoms. The van der Waals surface area contributed by atoms with Crippen molar-refractivity contribution in [2.75, 3.05) is 26.9 Å². The van der Waals surface area contributed by atoms with E-state index < -0.39 is 0 Å². The number of carbonyl (C=O) groups excluding carboxylic acids is 1. The molecular formula is C16H23BrN2O3. The molecular weight excluding hydrogens is 348 g/mol. The van der Waals surface area contributed by atoms with Crippen LogP contribution < -0.4 is 11.1 Å². The van der Waals surface area contributed by atoms with Gasteiger partial charge in [0.2, 0.25) is 5.91 Å². The van der Waals surface area contributed by atoms with Crippen molar-refractivity contribution in [3.63, 3.8) is 0 Å². The van der Waals surface area contributed by atoms with Gasteiger partial charge >= 0.3 is 0 Å². The summed E-state index contributed by atoms with van der Waals surface area (Å²) < 4.78 is 11.7. The van der Waals surface area contributed by atoms with Gasteiger partial charge in [-0.05, 0) is 30.5 Å². The van der Waals surface area contributed by atoms with Crippen molar-refractivity contribution in [2.24, 2.45) is 5.73 Å². The number of amides is 1. The summed E-state index contributed by atoms with van der Waals surface area (Å²) in [7, 11) is 1.57. The van der Waals surface area contributed by atoms with E-state index >= 15 is 0 Å². The number of rotatable bonds is 6. The lowest BCUT2D eigenvalue weighted by molar-refractivity contribution is -0.126. The maximum atomic E-state index is 12.4. The van der Waals surface area contributed by atoms with Gasteiger partial charge in [-0.2, -0.15) is 0 Å². The monoisotopic (exact) mass is 370 g/mol. The maximum Gasteiger partial charge on any atom is 0.223 e. The van der Waals surface area contributed by atoms with E-state index in [2.05, 4.69) is 21.2 Å². The fourth-order valence-electron chi connectivity index (χ4n) is 2.76. The molecule has 1 heterocycles. The summed E-state index contributed by atoms with van der Waals surface area (Å²) in [6.07, 6.45) is 1.55. The molecule has 1 aliphatic rings. The fraction of sp³-hybridized carbons (Fsp3) is 0.562. The first-order valence-corrected chi connectivity index (χ1v) is 8.26. The minimum atomic E-state index is -0.372. The zero-order chi connectivity index (χ0) is 16.0. The number of nitrogens with one attached hydrogen (secondary N) is 1. The van der Waals surface area contributed by atoms with Gasteiger partial charge < -0.3 is 20.5 Å². The first-order valence-electron chi connectivity index (χ1n) is 7.47. The van der Waals surface area contributed by atoms with Crippen LogP contribution in [0.3, 0.4) is 0 Å². The maximum absolute atomic E-state index is 12.4. The number of ether oxygens (including phenoxy) is 2. The molecule has 122 valence electrons. The molecule has 1 aromatic carbocycles. The van der Waals surface area contributed by atoms with Gasteiger partial charge in [0, 0.05) is 31.3 Å². The summed E-state index contributed by atoms with van der Waals surface area (Å²) in [5.41, 5.74) is 6.33. The summed E-state index contributed by atoms with van der Waals surface area (Å²) in [5.74, 6) is -0.0397. The highest BCUT2D eigenvalue weighted by atomic mass is 79.9. The lowest BCUT2D eigenvalue weighted by Gasteiger charge is -2.39. The van der Waals surface area contributed by atoms with Crippen molar-refractivity contribution in [2.45, 2.75) is 30.9 Å². The first kappa shape index (κ1) is 17.4. The third-order valence-electron chi connectivity index (χ3n) is 4.13. The van der Waals surface area contributed by atoms with E-state index in [-0.39, 0.29) is 24.0 Å². The molecule has 1 saturated heterocycles. The van der Waals surface area contributed by atoms with Crippen LogP contribution in [0.5, 0.6) is 0 Å². The number of hydrogen-bond donors (Lipinski definition) is 2. The molecule has 0 spiro atoms. The molecule has 22 heavy (non-hydrogen) atoms. The highest BCUT2D eigenvalue weighted by Gasteiger charge is 2.36. The molecule has 5 nitrogen and oxygen atoms in total. The average Bonchev–Trinajstić information content (AvgIpc) is 2.54. The normalized spacial score (nSPS) is 18.7. The van der Waals surface area contributed by atoms with Gasteiger partial charge in [0.1, 0.15) is 0 Å². The van der Waals surface area contributed by atoms with Crippen LogP contribution in [-0.4, -0.2) is 38.9 Å². The van der Waals surface area contributed by atoms with Crippen molar-refractivity contribution < 1.29 is 14.3 Å². The van der Waals surface area contributed by atoms with E-state index in [1.807, 2.05) is 24.3 Å². The fourth-order valence-corrected chi connectivity index (χ4v) is 3.03. The summed E-state index contributed by atoms with van der Waals surface area (Å²) in [4.78, 5) is 12.4. The van der Waals surface area contributed by atoms with Crippen LogP contribution in [0, 0.1) is 0 Å². The van der Waals surface area contributed by atoms with Crippen molar-refractivity contribution in [1.29, 1.82) is 0 Å². The van der Waals surface area contributed by atoms with Gasteiger partial charge in [0.15, 0.2) is 0 Å². The van der Waals surface area contributed by atoms with E-state index in [9.17, 15) is 4.79 Å². The van der Waals surface area contributed by atoms with Gasteiger partial charge in [-0.15, -0.1) is 0 Å². The SMILES string of the molecule is COC(CN)CC(=O)NC1(c2ccc(Br)cc2)CCOCC1. The van der Waals surface area contributed by atoms with Crippen molar-refractivity contribution in [3.8, 4) is 0 Å². The van der Waals surface area contributed by atoms with Crippen LogP contribution in [0.1, 0.15) is 24.8 Å². The molecule has 1 aliphatic heterocycles. The predicted octanol–water partition coefficient (Wildman–Crippen LogP) is 1.93. The van der Waals surface area contributed by atoms with Crippen LogP contribution in [0.2, 0.25) is 0 Å². The van der Waals surface area contributed by atoms with Crippen molar-refractivity contribution in [3.05, 3.63) is 34.3 Å². The third kappa shape index (κ3) is 4.29. The minimum Gasteiger partial charge on any atom is -0.381 e. The van der Waals surface area contributed by atoms with Crippen LogP contribution in [-0.2, 0) is 19.8 Å². The van der Waals surface area contributed by atoms with E-state index in [4.69, 9.17) is 15.2 Å². The van der Waals surface area contributed by atoms with E-state index in [0.717, 1.165) is 22.9 Å². The largest absolute Gasteiger partial charge is 0.381 e. The molecule has 0 bridgehead atoms. The molecule has 0 radical (unpaired) electrons. The van der Waals surface area contributed by atoms with Crippen molar-refractivity contribution in [1.82, 2.24) is 5.32 Å². The molecule has 1 aromatic rings. The Kier molecular flexibility index (Phi) is 6.37. The molecule has 2 rings (SSSR count). The summed E-state index contributed by atoms with van der Waals surface area (Å²) in [5, 5.41) is 3.20. The Morgan fingerprint density at radius 2 is 2.05 bits per heavy atom. The molecule has 0 saturated carbocycles. The Bertz CT molecular complexity index is 483. The number of hydrogen-bond acceptors (Lipinski definition) is 4. The molecule has 3 N–H and O–H groups in total. The van der Waals surface area contributed by atoms with Gasteiger partial charge in [-0.25, -0.2) is 0 Å². The molecule has 1 atom stereocenters. The van der Waals surface area contributed by atoms with Crippen LogP contribution in [0.25, 0.3) is 0 Å². The lowest BCUT2D eigenvalue weighted by Crippen LogP contribution is -2.50. The smallest absolute Gasteiger partial charge is 0.223 e. The highest BCUT2D eigenvalue weighted by Crippen LogP contribution is 2.33. The number of methoxy groups -OCH3 is 1. The summed E-state index contributed by atoms with van der Waals surface area (Å²) in [6, 6.07) is 8.09. The Balaban J connectivity index is 2.15. The van der Waals surface area contributed by atoms with E-state index in [1.54, 1.807) is 7.11 Å². The third-order valence-corrected chi connectivity index (χ3v) is 4.66. The first-order chi connectivity index (χ1) is 10.6. The van der Waals surface area contributed by atoms with Gasteiger partial charge in [-0.3, -0.25) is 4.79 Å². The van der Waals surface area contributed by atoms with Gasteiger partial charge in [0.25, 0.3) is 0 Å². The second kappa shape index (κ2) is 8.06. The summed E-state index contributed by atoms with van der Waals surface area (Å²) >= 11 is 3.45. The molecule has 1 amide bonds. The quantitative estimate of drug-likeness (QED) is 0.802. The zero-order valence-electron chi connectivity index (χ0n) is 12.8. The zero-order valence-corrected chi connectivity index (χ0v) is 14.4. The summed E-state index contributed by atoms with van der Waals surface area (Å²) in [6.45, 7) is 1.61. The van der Waals surface area contributed by atoms with E-state index in [0.29, 0.717) is 19.8 Å². The van der Waals surface area contributed by atoms with Crippen LogP contribution >= 0.6 is 15.9 Å². The van der Waals surface area contributed by atoms with Gasteiger partial charge in [-0.1, -0.05) is 28.1 Å². The topological polar surface area (TPSA) is 73.6 Å². The lowest BCUT2D eigenvalue weighted by atomic mass is 9.82. The molecule has 0 aromatic heterocycles. The minimum absolute atomic E-state index is 0.0397. The number of halogens is 1. The standard InChI is InChI=1S/C16H23BrN2O3/c1-21-14(11-18)10-15(20)19-16(6-8-22-9-7-16)12-2-4-13(17)5-3-12/h2-5,14H,6-11,18H2,1H3,(H,19,20). The van der Waals surface area contributed by atoms with Crippen molar-refractivity contribution >= 4 is 21.8 Å². The molecule has 1 fully saturated rings. The number of benzene rings is 1. The van der Waals surface area contributed by atoms with Gasteiger partial charge in [0.05, 0.1) is 18.1 Å². The number of nitrogens with two attached hydrogens (primary N) is 1. The Hall–Kier alpha value is -0.950. The number of carbonyl (C=O) groups is 1. The Morgan fingerprint density at radius 1 is 1.41 bits per heavy atom. The predicted molar refractivity (Wildman–Crippen MR) is 88.5 cm³/mol. The molecule has 0 aliphatic carbocycles. The Labute approximate surface area is 139 Å². The second-order valence-corrected chi connectivity index (χ2v) is 6.46. The average molecular weight is 371 g/mol. The highest BCUT2D eigenvalue weighted by molar-refractivity contribution is 9.10. The van der Waals surface area contributed by atoms with Crippen LogP contribution in [0.4, 0.5) is 0 Å².